The van der Waals surface area contributed by atoms with Crippen molar-refractivity contribution in [2.75, 3.05) is 0 Å². The molecule has 0 spiro atoms. The number of rotatable bonds is 4. The highest BCUT2D eigenvalue weighted by Crippen LogP contribution is 2.32. The van der Waals surface area contributed by atoms with E-state index in [1.165, 1.54) is 5.56 Å². The van der Waals surface area contributed by atoms with E-state index in [0.29, 0.717) is 0 Å². The van der Waals surface area contributed by atoms with Crippen LogP contribution in [0.1, 0.15) is 41.7 Å². The van der Waals surface area contributed by atoms with Gasteiger partial charge in [-0.1, -0.05) is 38.1 Å². The van der Waals surface area contributed by atoms with Gasteiger partial charge in [0.2, 0.25) is 0 Å². The number of halogens is 1. The van der Waals surface area contributed by atoms with Crippen LogP contribution in [-0.2, 0) is 12.8 Å². The minimum absolute atomic E-state index is 0.116. The second kappa shape index (κ2) is 5.42. The van der Waals surface area contributed by atoms with Gasteiger partial charge < -0.3 is 4.42 Å². The van der Waals surface area contributed by atoms with Gasteiger partial charge in [0.15, 0.2) is 0 Å². The molecule has 0 aliphatic heterocycles. The van der Waals surface area contributed by atoms with Gasteiger partial charge in [0.05, 0.1) is 11.6 Å². The van der Waals surface area contributed by atoms with Crippen LogP contribution in [0.2, 0.25) is 0 Å². The molecule has 2 heteroatoms. The zero-order valence-electron chi connectivity index (χ0n) is 10.2. The summed E-state index contributed by atoms with van der Waals surface area (Å²) in [5.74, 6) is 0.976. The highest BCUT2D eigenvalue weighted by molar-refractivity contribution is 6.22. The van der Waals surface area contributed by atoms with Crippen molar-refractivity contribution in [2.45, 2.75) is 32.1 Å². The highest BCUT2D eigenvalue weighted by Gasteiger charge is 2.16. The van der Waals surface area contributed by atoms with Crippen LogP contribution in [0.15, 0.2) is 41.0 Å². The van der Waals surface area contributed by atoms with Gasteiger partial charge in [-0.2, -0.15) is 0 Å². The van der Waals surface area contributed by atoms with Gasteiger partial charge in [0, 0.05) is 12.0 Å². The summed E-state index contributed by atoms with van der Waals surface area (Å²) in [6, 6.07) is 10.4. The first-order valence-corrected chi connectivity index (χ1v) is 6.49. The van der Waals surface area contributed by atoms with Crippen molar-refractivity contribution < 1.29 is 4.42 Å². The fraction of sp³-hybridized carbons (Fsp3) is 0.333. The first-order valence-electron chi connectivity index (χ1n) is 6.05. The van der Waals surface area contributed by atoms with Crippen molar-refractivity contribution >= 4 is 11.6 Å². The number of alkyl halides is 1. The first-order chi connectivity index (χ1) is 8.26. The van der Waals surface area contributed by atoms with E-state index in [1.54, 1.807) is 6.26 Å². The smallest absolute Gasteiger partial charge is 0.108 e. The maximum atomic E-state index is 6.49. The van der Waals surface area contributed by atoms with E-state index in [-0.39, 0.29) is 5.38 Å². The quantitative estimate of drug-likeness (QED) is 0.713. The third-order valence-corrected chi connectivity index (χ3v) is 3.54. The summed E-state index contributed by atoms with van der Waals surface area (Å²) < 4.78 is 5.42. The molecule has 0 radical (unpaired) electrons. The lowest BCUT2D eigenvalue weighted by atomic mass is 10.0. The summed E-state index contributed by atoms with van der Waals surface area (Å²) in [7, 11) is 0. The molecule has 0 fully saturated rings. The summed E-state index contributed by atoms with van der Waals surface area (Å²) in [6.45, 7) is 4.23. The van der Waals surface area contributed by atoms with Crippen molar-refractivity contribution in [2.24, 2.45) is 0 Å². The molecule has 0 saturated carbocycles. The van der Waals surface area contributed by atoms with Crippen LogP contribution in [0.3, 0.4) is 0 Å². The number of hydrogen-bond acceptors (Lipinski definition) is 1. The van der Waals surface area contributed by atoms with E-state index in [1.807, 2.05) is 6.07 Å². The third kappa shape index (κ3) is 2.55. The number of hydrogen-bond donors (Lipinski definition) is 0. The lowest BCUT2D eigenvalue weighted by molar-refractivity contribution is 0.512. The molecule has 1 atom stereocenters. The zero-order valence-corrected chi connectivity index (χ0v) is 11.0. The van der Waals surface area contributed by atoms with E-state index in [4.69, 9.17) is 16.0 Å². The molecule has 0 N–H and O–H groups in total. The molecule has 1 aromatic carbocycles. The van der Waals surface area contributed by atoms with Gasteiger partial charge in [0.1, 0.15) is 5.76 Å². The number of furan rings is 1. The normalized spacial score (nSPS) is 12.6. The van der Waals surface area contributed by atoms with Gasteiger partial charge in [-0.25, -0.2) is 0 Å². The van der Waals surface area contributed by atoms with E-state index >= 15 is 0 Å². The second-order valence-corrected chi connectivity index (χ2v) is 4.55. The van der Waals surface area contributed by atoms with Crippen LogP contribution in [0.5, 0.6) is 0 Å². The third-order valence-electron chi connectivity index (χ3n) is 3.05. The molecule has 90 valence electrons. The summed E-state index contributed by atoms with van der Waals surface area (Å²) in [5.41, 5.74) is 3.54. The molecule has 0 bridgehead atoms. The molecule has 0 aliphatic carbocycles. The highest BCUT2D eigenvalue weighted by atomic mass is 35.5. The molecule has 1 nitrogen and oxygen atoms in total. The molecule has 1 unspecified atom stereocenters. The van der Waals surface area contributed by atoms with Crippen LogP contribution in [0, 0.1) is 0 Å². The minimum Gasteiger partial charge on any atom is -0.469 e. The van der Waals surface area contributed by atoms with E-state index < -0.39 is 0 Å². The predicted octanol–water partition coefficient (Wildman–Crippen LogP) is 4.73. The summed E-state index contributed by atoms with van der Waals surface area (Å²) in [4.78, 5) is 0. The Morgan fingerprint density at radius 1 is 1.06 bits per heavy atom. The molecule has 2 rings (SSSR count). The van der Waals surface area contributed by atoms with Crippen LogP contribution < -0.4 is 0 Å². The Labute approximate surface area is 107 Å². The minimum atomic E-state index is -0.116. The fourth-order valence-electron chi connectivity index (χ4n) is 1.97. The maximum absolute atomic E-state index is 6.49. The van der Waals surface area contributed by atoms with Gasteiger partial charge >= 0.3 is 0 Å². The molecular formula is C15H17ClO. The van der Waals surface area contributed by atoms with E-state index in [9.17, 15) is 0 Å². The van der Waals surface area contributed by atoms with Gasteiger partial charge in [-0.3, -0.25) is 0 Å². The molecule has 1 aromatic heterocycles. The number of benzene rings is 1. The summed E-state index contributed by atoms with van der Waals surface area (Å²) >= 11 is 6.49. The Hall–Kier alpha value is -1.21. The van der Waals surface area contributed by atoms with E-state index in [0.717, 1.165) is 29.7 Å². The lowest BCUT2D eigenvalue weighted by Gasteiger charge is -2.10. The van der Waals surface area contributed by atoms with Crippen LogP contribution in [-0.4, -0.2) is 0 Å². The topological polar surface area (TPSA) is 13.1 Å². The molecule has 0 saturated heterocycles. The Morgan fingerprint density at radius 3 is 2.35 bits per heavy atom. The van der Waals surface area contributed by atoms with Gasteiger partial charge in [0.25, 0.3) is 0 Å². The lowest BCUT2D eigenvalue weighted by Crippen LogP contribution is -1.95. The Bertz CT molecular complexity index is 470. The van der Waals surface area contributed by atoms with Crippen molar-refractivity contribution in [3.63, 3.8) is 0 Å². The zero-order chi connectivity index (χ0) is 12.3. The first kappa shape index (κ1) is 12.3. The van der Waals surface area contributed by atoms with Crippen molar-refractivity contribution in [3.8, 4) is 0 Å². The molecular weight excluding hydrogens is 232 g/mol. The Balaban J connectivity index is 2.27. The second-order valence-electron chi connectivity index (χ2n) is 4.11. The van der Waals surface area contributed by atoms with Crippen molar-refractivity contribution in [1.82, 2.24) is 0 Å². The number of aryl methyl sites for hydroxylation is 2. The van der Waals surface area contributed by atoms with E-state index in [2.05, 4.69) is 38.1 Å². The standard InChI is InChI=1S/C15H17ClO/c1-3-11-5-7-12(8-6-11)15(16)13-9-10-17-14(13)4-2/h5-10,15H,3-4H2,1-2H3. The average Bonchev–Trinajstić information content (AvgIpc) is 2.86. The van der Waals surface area contributed by atoms with Crippen molar-refractivity contribution in [1.29, 1.82) is 0 Å². The predicted molar refractivity (Wildman–Crippen MR) is 71.6 cm³/mol. The van der Waals surface area contributed by atoms with Crippen LogP contribution in [0.25, 0.3) is 0 Å². The molecule has 2 aromatic rings. The SMILES string of the molecule is CCc1ccc(C(Cl)c2ccoc2CC)cc1. The van der Waals surface area contributed by atoms with Gasteiger partial charge in [-0.05, 0) is 23.6 Å². The van der Waals surface area contributed by atoms with Crippen molar-refractivity contribution in [3.05, 3.63) is 59.0 Å². The monoisotopic (exact) mass is 248 g/mol. The molecule has 17 heavy (non-hydrogen) atoms. The fourth-order valence-corrected chi connectivity index (χ4v) is 2.31. The van der Waals surface area contributed by atoms with Crippen LogP contribution >= 0.6 is 11.6 Å². The molecule has 0 aliphatic rings. The molecule has 0 amide bonds. The van der Waals surface area contributed by atoms with Gasteiger partial charge in [-0.15, -0.1) is 11.6 Å². The van der Waals surface area contributed by atoms with Crippen LogP contribution in [0.4, 0.5) is 0 Å². The molecule has 1 heterocycles. The largest absolute Gasteiger partial charge is 0.469 e. The Kier molecular flexibility index (Phi) is 3.90. The average molecular weight is 249 g/mol. The Morgan fingerprint density at radius 2 is 1.76 bits per heavy atom. The summed E-state index contributed by atoms with van der Waals surface area (Å²) in [6.07, 6.45) is 3.64. The summed E-state index contributed by atoms with van der Waals surface area (Å²) in [5, 5.41) is -0.116. The maximum Gasteiger partial charge on any atom is 0.108 e.